The molecule has 0 aromatic rings. The van der Waals surface area contributed by atoms with Crippen LogP contribution in [0.4, 0.5) is 0 Å². The first kappa shape index (κ1) is 21.5. The van der Waals surface area contributed by atoms with Gasteiger partial charge in [-0.2, -0.15) is 0 Å². The zero-order valence-electron chi connectivity index (χ0n) is 15.3. The van der Waals surface area contributed by atoms with E-state index >= 15 is 0 Å². The third-order valence-electron chi connectivity index (χ3n) is 4.54. The number of thioether (sulfide) groups is 1. The van der Waals surface area contributed by atoms with Gasteiger partial charge in [-0.3, -0.25) is 14.4 Å². The normalized spacial score (nSPS) is 20.6. The maximum absolute atomic E-state index is 12.5. The number of aliphatic carboxylic acids is 1. The quantitative estimate of drug-likeness (QED) is 0.669. The van der Waals surface area contributed by atoms with Gasteiger partial charge >= 0.3 is 5.97 Å². The summed E-state index contributed by atoms with van der Waals surface area (Å²) in [5.74, 6) is -1.65. The number of carboxylic acid groups (broad SMARTS) is 1. The zero-order chi connectivity index (χ0) is 19.1. The van der Waals surface area contributed by atoms with Crippen LogP contribution in [0.25, 0.3) is 0 Å². The average Bonchev–Trinajstić information content (AvgIpc) is 3.05. The van der Waals surface area contributed by atoms with Gasteiger partial charge in [0.05, 0.1) is 0 Å². The van der Waals surface area contributed by atoms with Crippen LogP contribution in [0.5, 0.6) is 0 Å². The van der Waals surface area contributed by atoms with Crippen LogP contribution < -0.4 is 5.32 Å². The molecule has 1 unspecified atom stereocenters. The minimum atomic E-state index is -0.982. The van der Waals surface area contributed by atoms with E-state index in [-0.39, 0.29) is 28.6 Å². The van der Waals surface area contributed by atoms with Crippen molar-refractivity contribution in [2.45, 2.75) is 59.0 Å². The summed E-state index contributed by atoms with van der Waals surface area (Å²) in [6.07, 6.45) is 1.90. The lowest BCUT2D eigenvalue weighted by molar-refractivity contribution is -0.149. The van der Waals surface area contributed by atoms with Crippen LogP contribution in [0.1, 0.15) is 47.0 Å². The van der Waals surface area contributed by atoms with Crippen molar-refractivity contribution in [1.29, 1.82) is 0 Å². The number of carbonyl (C=O) groups is 4. The number of nitrogens with one attached hydrogen (secondary N) is 1. The molecule has 4 atom stereocenters. The summed E-state index contributed by atoms with van der Waals surface area (Å²) in [6.45, 7) is 7.37. The van der Waals surface area contributed by atoms with Crippen LogP contribution in [-0.4, -0.2) is 57.3 Å². The zero-order valence-corrected chi connectivity index (χ0v) is 16.1. The summed E-state index contributed by atoms with van der Waals surface area (Å²) in [4.78, 5) is 48.8. The fourth-order valence-corrected chi connectivity index (χ4v) is 3.85. The highest BCUT2D eigenvalue weighted by molar-refractivity contribution is 8.13. The Kier molecular flexibility index (Phi) is 8.41. The number of likely N-dealkylation sites (tertiary alicyclic amines) is 1. The highest BCUT2D eigenvalue weighted by Gasteiger charge is 2.36. The van der Waals surface area contributed by atoms with Crippen molar-refractivity contribution in [3.05, 3.63) is 0 Å². The molecule has 1 saturated heterocycles. The average molecular weight is 372 g/mol. The molecule has 142 valence electrons. The van der Waals surface area contributed by atoms with Crippen LogP contribution in [0, 0.1) is 11.8 Å². The third-order valence-corrected chi connectivity index (χ3v) is 5.75. The molecule has 7 nitrogen and oxygen atoms in total. The van der Waals surface area contributed by atoms with Gasteiger partial charge in [0.2, 0.25) is 16.9 Å². The summed E-state index contributed by atoms with van der Waals surface area (Å²) < 4.78 is 0. The van der Waals surface area contributed by atoms with Gasteiger partial charge in [0.25, 0.3) is 0 Å². The minimum absolute atomic E-state index is 0.00452. The largest absolute Gasteiger partial charge is 0.480 e. The molecule has 1 aliphatic rings. The van der Waals surface area contributed by atoms with E-state index in [1.54, 1.807) is 6.92 Å². The van der Waals surface area contributed by atoms with Gasteiger partial charge in [0, 0.05) is 25.1 Å². The van der Waals surface area contributed by atoms with E-state index in [0.29, 0.717) is 19.4 Å². The summed E-state index contributed by atoms with van der Waals surface area (Å²) >= 11 is 1.03. The Hall–Kier alpha value is -1.57. The summed E-state index contributed by atoms with van der Waals surface area (Å²) in [7, 11) is 0. The van der Waals surface area contributed by atoms with Gasteiger partial charge in [-0.25, -0.2) is 4.79 Å². The van der Waals surface area contributed by atoms with Crippen molar-refractivity contribution in [3.63, 3.8) is 0 Å². The number of hydrogen-bond donors (Lipinski definition) is 2. The van der Waals surface area contributed by atoms with Crippen molar-refractivity contribution < 1.29 is 24.3 Å². The fraction of sp³-hybridized carbons (Fsp3) is 0.765. The van der Waals surface area contributed by atoms with Crippen LogP contribution in [0.2, 0.25) is 0 Å². The Labute approximate surface area is 152 Å². The maximum Gasteiger partial charge on any atom is 0.326 e. The number of nitrogens with zero attached hydrogens (tertiary/aromatic N) is 1. The maximum atomic E-state index is 12.5. The lowest BCUT2D eigenvalue weighted by Gasteiger charge is -2.25. The summed E-state index contributed by atoms with van der Waals surface area (Å²) in [5, 5.41) is 11.7. The molecule has 1 aliphatic heterocycles. The first-order valence-electron chi connectivity index (χ1n) is 8.66. The second-order valence-electron chi connectivity index (χ2n) is 6.62. The SMILES string of the molecule is CC[C@@H](C)[C@@H](NC(C)=O)C(=O)SCC(C)C(=O)N1CCC[C@H]1C(=O)O. The Morgan fingerprint density at radius 1 is 1.28 bits per heavy atom. The fourth-order valence-electron chi connectivity index (χ4n) is 2.83. The van der Waals surface area contributed by atoms with Gasteiger partial charge < -0.3 is 15.3 Å². The Bertz CT molecular complexity index is 525. The minimum Gasteiger partial charge on any atom is -0.480 e. The molecule has 1 heterocycles. The highest BCUT2D eigenvalue weighted by atomic mass is 32.2. The van der Waals surface area contributed by atoms with Gasteiger partial charge in [-0.15, -0.1) is 0 Å². The Morgan fingerprint density at radius 2 is 1.92 bits per heavy atom. The van der Waals surface area contributed by atoms with E-state index < -0.39 is 24.0 Å². The van der Waals surface area contributed by atoms with Crippen molar-refractivity contribution >= 4 is 34.7 Å². The summed E-state index contributed by atoms with van der Waals surface area (Å²) in [5.41, 5.74) is 0. The molecule has 1 rings (SSSR count). The number of rotatable bonds is 8. The van der Waals surface area contributed by atoms with Gasteiger partial charge in [0.15, 0.2) is 0 Å². The van der Waals surface area contributed by atoms with Crippen molar-refractivity contribution in [1.82, 2.24) is 10.2 Å². The molecule has 8 heteroatoms. The second-order valence-corrected chi connectivity index (χ2v) is 7.65. The lowest BCUT2D eigenvalue weighted by atomic mass is 10.0. The molecule has 1 fully saturated rings. The molecule has 0 saturated carbocycles. The number of carboxylic acids is 1. The molecule has 0 spiro atoms. The van der Waals surface area contributed by atoms with E-state index in [1.165, 1.54) is 11.8 Å². The molecule has 2 amide bonds. The monoisotopic (exact) mass is 372 g/mol. The van der Waals surface area contributed by atoms with Crippen molar-refractivity contribution in [3.8, 4) is 0 Å². The highest BCUT2D eigenvalue weighted by Crippen LogP contribution is 2.23. The van der Waals surface area contributed by atoms with Gasteiger partial charge in [0.1, 0.15) is 12.1 Å². The number of carbonyl (C=O) groups excluding carboxylic acids is 3. The Morgan fingerprint density at radius 3 is 2.44 bits per heavy atom. The predicted molar refractivity (Wildman–Crippen MR) is 96.1 cm³/mol. The van der Waals surface area contributed by atoms with E-state index in [0.717, 1.165) is 18.2 Å². The van der Waals surface area contributed by atoms with Gasteiger partial charge in [-0.05, 0) is 18.8 Å². The van der Waals surface area contributed by atoms with Crippen LogP contribution in [0.15, 0.2) is 0 Å². The van der Waals surface area contributed by atoms with Crippen LogP contribution in [-0.2, 0) is 19.2 Å². The standard InChI is InChI=1S/C17H28N2O5S/c1-5-10(2)14(18-12(4)20)17(24)25-9-11(3)15(21)19-8-6-7-13(19)16(22)23/h10-11,13-14H,5-9H2,1-4H3,(H,18,20)(H,22,23)/t10-,11?,13+,14-/m1/s1. The molecule has 2 N–H and O–H groups in total. The predicted octanol–water partition coefficient (Wildman–Crippen LogP) is 1.51. The molecular weight excluding hydrogens is 344 g/mol. The second kappa shape index (κ2) is 9.79. The van der Waals surface area contributed by atoms with E-state index in [1.807, 2.05) is 13.8 Å². The number of hydrogen-bond acceptors (Lipinski definition) is 5. The molecular formula is C17H28N2O5S. The molecule has 0 bridgehead atoms. The van der Waals surface area contributed by atoms with Crippen molar-refractivity contribution in [2.75, 3.05) is 12.3 Å². The first-order chi connectivity index (χ1) is 11.7. The first-order valence-corrected chi connectivity index (χ1v) is 9.64. The Balaban J connectivity index is 2.62. The molecule has 0 aromatic heterocycles. The number of amides is 2. The third kappa shape index (κ3) is 6.02. The van der Waals surface area contributed by atoms with Crippen molar-refractivity contribution in [2.24, 2.45) is 11.8 Å². The molecule has 25 heavy (non-hydrogen) atoms. The van der Waals surface area contributed by atoms with E-state index in [2.05, 4.69) is 5.32 Å². The smallest absolute Gasteiger partial charge is 0.326 e. The topological polar surface area (TPSA) is 104 Å². The van der Waals surface area contributed by atoms with E-state index in [9.17, 15) is 24.3 Å². The molecule has 0 aliphatic carbocycles. The summed E-state index contributed by atoms with van der Waals surface area (Å²) in [6, 6.07) is -1.34. The molecule has 0 aromatic carbocycles. The van der Waals surface area contributed by atoms with E-state index in [4.69, 9.17) is 0 Å². The molecule has 0 radical (unpaired) electrons. The van der Waals surface area contributed by atoms with Crippen LogP contribution in [0.3, 0.4) is 0 Å². The lowest BCUT2D eigenvalue weighted by Crippen LogP contribution is -2.44. The van der Waals surface area contributed by atoms with Gasteiger partial charge in [-0.1, -0.05) is 39.0 Å². The van der Waals surface area contributed by atoms with Crippen LogP contribution >= 0.6 is 11.8 Å².